The highest BCUT2D eigenvalue weighted by molar-refractivity contribution is 7.32. The number of rotatable bonds is 6. The van der Waals surface area contributed by atoms with Crippen LogP contribution < -0.4 is 4.74 Å². The van der Waals surface area contributed by atoms with E-state index in [0.717, 1.165) is 0 Å². The SMILES string of the molecule is CC(N=[N+]=[N-])Oc1ccc(C(O)O[PH](=O)O)cc1. The summed E-state index contributed by atoms with van der Waals surface area (Å²) in [5, 5.41) is 12.7. The molecule has 0 aliphatic heterocycles. The van der Waals surface area contributed by atoms with Crippen molar-refractivity contribution in [1.29, 1.82) is 0 Å². The second kappa shape index (κ2) is 7.00. The van der Waals surface area contributed by atoms with E-state index in [9.17, 15) is 9.67 Å². The summed E-state index contributed by atoms with van der Waals surface area (Å²) in [5.74, 6) is 0.433. The van der Waals surface area contributed by atoms with Crippen molar-refractivity contribution >= 4 is 8.25 Å². The van der Waals surface area contributed by atoms with E-state index in [0.29, 0.717) is 11.3 Å². The number of aliphatic hydroxyl groups is 1. The summed E-state index contributed by atoms with van der Waals surface area (Å²) in [6, 6.07) is 5.96. The average Bonchev–Trinajstić information content (AvgIpc) is 2.29. The molecule has 0 fully saturated rings. The van der Waals surface area contributed by atoms with Gasteiger partial charge in [-0.25, -0.2) is 0 Å². The van der Waals surface area contributed by atoms with Gasteiger partial charge < -0.3 is 14.7 Å². The zero-order chi connectivity index (χ0) is 13.5. The highest BCUT2D eigenvalue weighted by Gasteiger charge is 2.10. The summed E-state index contributed by atoms with van der Waals surface area (Å²) in [6.07, 6.45) is -2.12. The van der Waals surface area contributed by atoms with Crippen molar-refractivity contribution in [3.05, 3.63) is 40.3 Å². The number of aliphatic hydroxyl groups excluding tert-OH is 1. The Bertz CT molecular complexity index is 460. The Labute approximate surface area is 103 Å². The van der Waals surface area contributed by atoms with Crippen LogP contribution in [0.3, 0.4) is 0 Å². The van der Waals surface area contributed by atoms with E-state index >= 15 is 0 Å². The standard InChI is InChI=1S/C9H12N3O5P/c1-6(11-12-10)16-8-4-2-7(3-5-8)9(13)17-18(14)15/h2-6,9,13,18H,1H3,(H,14,15). The van der Waals surface area contributed by atoms with Gasteiger partial charge in [-0.1, -0.05) is 17.2 Å². The lowest BCUT2D eigenvalue weighted by Gasteiger charge is -2.12. The van der Waals surface area contributed by atoms with Crippen LogP contribution in [-0.2, 0) is 9.09 Å². The van der Waals surface area contributed by atoms with Crippen LogP contribution in [0.4, 0.5) is 0 Å². The third-order valence-corrected chi connectivity index (χ3v) is 2.32. The fraction of sp³-hybridized carbons (Fsp3) is 0.333. The molecule has 0 amide bonds. The van der Waals surface area contributed by atoms with Crippen molar-refractivity contribution in [3.8, 4) is 5.75 Å². The smallest absolute Gasteiger partial charge is 0.319 e. The van der Waals surface area contributed by atoms with Crippen LogP contribution in [0, 0.1) is 0 Å². The van der Waals surface area contributed by atoms with E-state index < -0.39 is 20.8 Å². The van der Waals surface area contributed by atoms with Gasteiger partial charge in [0.25, 0.3) is 0 Å². The molecule has 1 aromatic rings. The van der Waals surface area contributed by atoms with E-state index in [1.165, 1.54) is 24.3 Å². The zero-order valence-electron chi connectivity index (χ0n) is 9.42. The molecule has 1 aromatic carbocycles. The van der Waals surface area contributed by atoms with Crippen molar-refractivity contribution in [1.82, 2.24) is 0 Å². The molecule has 0 radical (unpaired) electrons. The van der Waals surface area contributed by atoms with E-state index in [4.69, 9.17) is 15.2 Å². The first-order valence-corrected chi connectivity index (χ1v) is 6.17. The van der Waals surface area contributed by atoms with Crippen LogP contribution in [0.5, 0.6) is 5.75 Å². The molecule has 0 saturated carbocycles. The van der Waals surface area contributed by atoms with Gasteiger partial charge in [-0.3, -0.25) is 9.09 Å². The van der Waals surface area contributed by atoms with Crippen LogP contribution in [0.1, 0.15) is 18.8 Å². The second-order valence-corrected chi connectivity index (χ2v) is 3.99. The maximum atomic E-state index is 10.4. The Morgan fingerprint density at radius 1 is 1.44 bits per heavy atom. The van der Waals surface area contributed by atoms with Gasteiger partial charge in [-0.05, 0) is 24.6 Å². The van der Waals surface area contributed by atoms with Gasteiger partial charge in [0.1, 0.15) is 5.75 Å². The Kier molecular flexibility index (Phi) is 5.64. The molecule has 0 aromatic heterocycles. The highest BCUT2D eigenvalue weighted by atomic mass is 31.1. The summed E-state index contributed by atoms with van der Waals surface area (Å²) < 4.78 is 20.0. The highest BCUT2D eigenvalue weighted by Crippen LogP contribution is 2.27. The molecule has 1 rings (SSSR count). The minimum absolute atomic E-state index is 0.311. The van der Waals surface area contributed by atoms with Gasteiger partial charge in [0.2, 0.25) is 0 Å². The predicted molar refractivity (Wildman–Crippen MR) is 62.9 cm³/mol. The molecule has 0 aliphatic carbocycles. The van der Waals surface area contributed by atoms with Crippen LogP contribution in [0.15, 0.2) is 29.4 Å². The minimum Gasteiger partial charge on any atom is -0.485 e. The van der Waals surface area contributed by atoms with Gasteiger partial charge in [0.15, 0.2) is 12.5 Å². The molecule has 0 heterocycles. The summed E-state index contributed by atoms with van der Waals surface area (Å²) >= 11 is 0. The van der Waals surface area contributed by atoms with Gasteiger partial charge in [0.05, 0.1) is 0 Å². The topological polar surface area (TPSA) is 125 Å². The Morgan fingerprint density at radius 2 is 2.06 bits per heavy atom. The molecular weight excluding hydrogens is 261 g/mol. The molecule has 0 spiro atoms. The van der Waals surface area contributed by atoms with E-state index in [2.05, 4.69) is 14.5 Å². The molecule has 2 N–H and O–H groups in total. The van der Waals surface area contributed by atoms with Crippen molar-refractivity contribution < 1.29 is 23.8 Å². The molecule has 98 valence electrons. The zero-order valence-corrected chi connectivity index (χ0v) is 10.4. The first kappa shape index (κ1) is 14.5. The quantitative estimate of drug-likeness (QED) is 0.270. The van der Waals surface area contributed by atoms with Crippen molar-refractivity contribution in [2.45, 2.75) is 19.4 Å². The molecular formula is C9H12N3O5P. The first-order valence-electron chi connectivity index (χ1n) is 4.91. The lowest BCUT2D eigenvalue weighted by molar-refractivity contribution is -0.0207. The Hall–Kier alpha value is -1.56. The molecule has 0 bridgehead atoms. The summed E-state index contributed by atoms with van der Waals surface area (Å²) in [7, 11) is -3.20. The Balaban J connectivity index is 2.67. The summed E-state index contributed by atoms with van der Waals surface area (Å²) in [5.41, 5.74) is 8.51. The van der Waals surface area contributed by atoms with Crippen molar-refractivity contribution in [2.24, 2.45) is 5.11 Å². The predicted octanol–water partition coefficient (Wildman–Crippen LogP) is 2.11. The van der Waals surface area contributed by atoms with Crippen LogP contribution in [0.25, 0.3) is 10.4 Å². The van der Waals surface area contributed by atoms with Crippen LogP contribution in [0.2, 0.25) is 0 Å². The number of hydrogen-bond donors (Lipinski definition) is 2. The maximum absolute atomic E-state index is 10.4. The van der Waals surface area contributed by atoms with Crippen molar-refractivity contribution in [2.75, 3.05) is 0 Å². The lowest BCUT2D eigenvalue weighted by Crippen LogP contribution is -2.07. The van der Waals surface area contributed by atoms with Gasteiger partial charge in [-0.15, -0.1) is 0 Å². The fourth-order valence-electron chi connectivity index (χ4n) is 1.17. The molecule has 9 heteroatoms. The first-order chi connectivity index (χ1) is 8.52. The van der Waals surface area contributed by atoms with Crippen molar-refractivity contribution in [3.63, 3.8) is 0 Å². The molecule has 8 nitrogen and oxygen atoms in total. The van der Waals surface area contributed by atoms with Gasteiger partial charge >= 0.3 is 8.25 Å². The van der Waals surface area contributed by atoms with Crippen LogP contribution in [-0.4, -0.2) is 16.2 Å². The third kappa shape index (κ3) is 4.75. The Morgan fingerprint density at radius 3 is 2.56 bits per heavy atom. The fourth-order valence-corrected chi connectivity index (χ4v) is 1.49. The van der Waals surface area contributed by atoms with E-state index in [-0.39, 0.29) is 0 Å². The lowest BCUT2D eigenvalue weighted by atomic mass is 10.2. The second-order valence-electron chi connectivity index (χ2n) is 3.23. The van der Waals surface area contributed by atoms with Gasteiger partial charge in [0, 0.05) is 10.5 Å². The minimum atomic E-state index is -3.20. The largest absolute Gasteiger partial charge is 0.485 e. The number of benzene rings is 1. The molecule has 3 unspecified atom stereocenters. The third-order valence-electron chi connectivity index (χ3n) is 1.90. The van der Waals surface area contributed by atoms with E-state index in [1.807, 2.05) is 0 Å². The van der Waals surface area contributed by atoms with Gasteiger partial charge in [-0.2, -0.15) is 0 Å². The monoisotopic (exact) mass is 273 g/mol. The average molecular weight is 273 g/mol. The van der Waals surface area contributed by atoms with Crippen LogP contribution >= 0.6 is 8.25 Å². The molecule has 0 saturated heterocycles. The normalized spacial score (nSPS) is 15.3. The molecule has 3 atom stereocenters. The number of azide groups is 1. The summed E-state index contributed by atoms with van der Waals surface area (Å²) in [4.78, 5) is 11.1. The summed E-state index contributed by atoms with van der Waals surface area (Å²) in [6.45, 7) is 1.57. The molecule has 18 heavy (non-hydrogen) atoms. The number of hydrogen-bond acceptors (Lipinski definition) is 5. The maximum Gasteiger partial charge on any atom is 0.319 e. The molecule has 0 aliphatic rings. The number of nitrogens with zero attached hydrogens (tertiary/aromatic N) is 3. The number of ether oxygens (including phenoxy) is 1. The van der Waals surface area contributed by atoms with E-state index in [1.54, 1.807) is 6.92 Å².